The SMILES string of the molecule is CC/C=C/C=C(\OC)C(O)C(C)CC(/C=C/C=C/C1OC(=O)C=CC1OC)OC. The van der Waals surface area contributed by atoms with Gasteiger partial charge in [-0.3, -0.25) is 0 Å². The first-order valence-electron chi connectivity index (χ1n) is 9.84. The van der Waals surface area contributed by atoms with Gasteiger partial charge in [0.25, 0.3) is 0 Å². The van der Waals surface area contributed by atoms with Crippen LogP contribution in [0.1, 0.15) is 26.7 Å². The molecule has 0 bridgehead atoms. The predicted octanol–water partition coefficient (Wildman–Crippen LogP) is 3.49. The second-order valence-electron chi connectivity index (χ2n) is 6.77. The molecule has 6 nitrogen and oxygen atoms in total. The summed E-state index contributed by atoms with van der Waals surface area (Å²) in [7, 11) is 4.75. The zero-order valence-electron chi connectivity index (χ0n) is 18.0. The van der Waals surface area contributed by atoms with E-state index in [1.54, 1.807) is 45.6 Å². The predicted molar refractivity (Wildman–Crippen MR) is 113 cm³/mol. The second kappa shape index (κ2) is 13.9. The minimum Gasteiger partial charge on any atom is -0.498 e. The van der Waals surface area contributed by atoms with Gasteiger partial charge < -0.3 is 24.1 Å². The van der Waals surface area contributed by atoms with Crippen LogP contribution in [0.15, 0.2) is 60.4 Å². The third-order valence-corrected chi connectivity index (χ3v) is 4.61. The first-order chi connectivity index (χ1) is 14.0. The molecule has 29 heavy (non-hydrogen) atoms. The average molecular weight is 407 g/mol. The van der Waals surface area contributed by atoms with Gasteiger partial charge in [0, 0.05) is 20.3 Å². The second-order valence-corrected chi connectivity index (χ2v) is 6.77. The van der Waals surface area contributed by atoms with E-state index in [1.807, 2.05) is 38.2 Å². The molecule has 0 amide bonds. The fourth-order valence-electron chi connectivity index (χ4n) is 2.86. The molecule has 0 saturated carbocycles. The number of aliphatic hydroxyl groups excluding tert-OH is 1. The maximum Gasteiger partial charge on any atom is 0.331 e. The molecule has 1 rings (SSSR count). The number of cyclic esters (lactones) is 1. The van der Waals surface area contributed by atoms with Crippen LogP contribution in [0.25, 0.3) is 0 Å². The van der Waals surface area contributed by atoms with Crippen molar-refractivity contribution in [3.63, 3.8) is 0 Å². The molecule has 0 fully saturated rings. The van der Waals surface area contributed by atoms with Gasteiger partial charge in [-0.15, -0.1) is 0 Å². The molecule has 1 heterocycles. The molecule has 0 saturated heterocycles. The van der Waals surface area contributed by atoms with Crippen LogP contribution < -0.4 is 0 Å². The van der Waals surface area contributed by atoms with E-state index in [0.29, 0.717) is 12.2 Å². The van der Waals surface area contributed by atoms with E-state index < -0.39 is 12.2 Å². The Morgan fingerprint density at radius 1 is 1.28 bits per heavy atom. The van der Waals surface area contributed by atoms with Gasteiger partial charge in [0.15, 0.2) is 6.10 Å². The van der Waals surface area contributed by atoms with Gasteiger partial charge in [-0.25, -0.2) is 4.79 Å². The highest BCUT2D eigenvalue weighted by Gasteiger charge is 2.24. The summed E-state index contributed by atoms with van der Waals surface area (Å²) in [6.45, 7) is 4.00. The third kappa shape index (κ3) is 8.81. The normalized spacial score (nSPS) is 23.7. The maximum absolute atomic E-state index is 11.4. The number of rotatable bonds is 12. The standard InChI is InChI=1S/C23H34O6/c1-6-7-8-13-21(28-5)23(25)17(2)16-18(26-3)11-9-10-12-20-19(27-4)14-15-22(24)29-20/h7-15,17-20,23,25H,6,16H2,1-5H3/b8-7+,11-9+,12-10+,21-13-. The van der Waals surface area contributed by atoms with Crippen LogP contribution >= 0.6 is 0 Å². The molecule has 0 aliphatic carbocycles. The van der Waals surface area contributed by atoms with Gasteiger partial charge in [0.05, 0.1) is 13.2 Å². The number of hydrogen-bond donors (Lipinski definition) is 1. The molecule has 0 aromatic rings. The van der Waals surface area contributed by atoms with Crippen molar-refractivity contribution < 1.29 is 28.8 Å². The Hall–Kier alpha value is -2.15. The van der Waals surface area contributed by atoms with Crippen LogP contribution in [-0.4, -0.2) is 56.8 Å². The Labute approximate surface area is 174 Å². The van der Waals surface area contributed by atoms with Crippen molar-refractivity contribution >= 4 is 5.97 Å². The number of esters is 1. The maximum atomic E-state index is 11.4. The van der Waals surface area contributed by atoms with Crippen molar-refractivity contribution in [3.05, 3.63) is 60.4 Å². The Balaban J connectivity index is 2.65. The lowest BCUT2D eigenvalue weighted by Gasteiger charge is -2.23. The molecule has 0 radical (unpaired) electrons. The summed E-state index contributed by atoms with van der Waals surface area (Å²) in [5, 5.41) is 10.6. The van der Waals surface area contributed by atoms with E-state index in [4.69, 9.17) is 18.9 Å². The van der Waals surface area contributed by atoms with Gasteiger partial charge in [-0.05, 0) is 37.0 Å². The molecular weight excluding hydrogens is 372 g/mol. The quantitative estimate of drug-likeness (QED) is 0.304. The summed E-state index contributed by atoms with van der Waals surface area (Å²) in [4.78, 5) is 11.4. The minimum absolute atomic E-state index is 0.0721. The number of ether oxygens (including phenoxy) is 4. The monoisotopic (exact) mass is 406 g/mol. The summed E-state index contributed by atoms with van der Waals surface area (Å²) in [6.07, 6.45) is 15.9. The van der Waals surface area contributed by atoms with Gasteiger partial charge in [-0.1, -0.05) is 44.2 Å². The smallest absolute Gasteiger partial charge is 0.331 e. The van der Waals surface area contributed by atoms with Crippen molar-refractivity contribution in [1.29, 1.82) is 0 Å². The number of hydrogen-bond acceptors (Lipinski definition) is 6. The molecule has 1 N–H and O–H groups in total. The fourth-order valence-corrected chi connectivity index (χ4v) is 2.86. The fraction of sp³-hybridized carbons (Fsp3) is 0.522. The molecule has 5 unspecified atom stereocenters. The molecule has 1 aliphatic rings. The van der Waals surface area contributed by atoms with Crippen molar-refractivity contribution in [1.82, 2.24) is 0 Å². The van der Waals surface area contributed by atoms with E-state index in [0.717, 1.165) is 6.42 Å². The zero-order valence-corrected chi connectivity index (χ0v) is 18.0. The summed E-state index contributed by atoms with van der Waals surface area (Å²) in [5.74, 6) is 0.0705. The average Bonchev–Trinajstić information content (AvgIpc) is 2.73. The van der Waals surface area contributed by atoms with Crippen LogP contribution in [0, 0.1) is 5.92 Å². The number of carbonyl (C=O) groups is 1. The van der Waals surface area contributed by atoms with Crippen LogP contribution in [0.3, 0.4) is 0 Å². The highest BCUT2D eigenvalue weighted by Crippen LogP contribution is 2.20. The van der Waals surface area contributed by atoms with Crippen LogP contribution in [-0.2, 0) is 23.7 Å². The van der Waals surface area contributed by atoms with E-state index >= 15 is 0 Å². The number of allylic oxidation sites excluding steroid dienone is 5. The molecule has 0 spiro atoms. The Morgan fingerprint density at radius 3 is 2.66 bits per heavy atom. The Morgan fingerprint density at radius 2 is 2.03 bits per heavy atom. The lowest BCUT2D eigenvalue weighted by atomic mass is 9.95. The third-order valence-electron chi connectivity index (χ3n) is 4.61. The summed E-state index contributed by atoms with van der Waals surface area (Å²) in [6, 6.07) is 0. The molecule has 0 aromatic heterocycles. The number of carbonyl (C=O) groups excluding carboxylic acids is 1. The van der Waals surface area contributed by atoms with Crippen molar-refractivity contribution in [2.45, 2.75) is 51.1 Å². The van der Waals surface area contributed by atoms with E-state index in [-0.39, 0.29) is 24.1 Å². The van der Waals surface area contributed by atoms with E-state index in [9.17, 15) is 9.90 Å². The highest BCUT2D eigenvalue weighted by molar-refractivity contribution is 5.83. The largest absolute Gasteiger partial charge is 0.498 e. The molecule has 0 aromatic carbocycles. The lowest BCUT2D eigenvalue weighted by Crippen LogP contribution is -2.32. The number of aliphatic hydroxyl groups is 1. The Bertz CT molecular complexity index is 631. The minimum atomic E-state index is -0.723. The zero-order chi connectivity index (χ0) is 21.6. The van der Waals surface area contributed by atoms with Gasteiger partial charge in [0.1, 0.15) is 18.0 Å². The van der Waals surface area contributed by atoms with Crippen LogP contribution in [0.2, 0.25) is 0 Å². The van der Waals surface area contributed by atoms with Gasteiger partial charge in [-0.2, -0.15) is 0 Å². The van der Waals surface area contributed by atoms with Crippen molar-refractivity contribution in [2.75, 3.05) is 21.3 Å². The topological polar surface area (TPSA) is 74.2 Å². The van der Waals surface area contributed by atoms with Crippen LogP contribution in [0.4, 0.5) is 0 Å². The summed E-state index contributed by atoms with van der Waals surface area (Å²) < 4.78 is 21.3. The Kier molecular flexibility index (Phi) is 12.0. The lowest BCUT2D eigenvalue weighted by molar-refractivity contribution is -0.147. The van der Waals surface area contributed by atoms with Gasteiger partial charge >= 0.3 is 5.97 Å². The molecule has 5 atom stereocenters. The van der Waals surface area contributed by atoms with Crippen molar-refractivity contribution in [3.8, 4) is 0 Å². The highest BCUT2D eigenvalue weighted by atomic mass is 16.6. The van der Waals surface area contributed by atoms with E-state index in [1.165, 1.54) is 6.08 Å². The van der Waals surface area contributed by atoms with Crippen molar-refractivity contribution in [2.24, 2.45) is 5.92 Å². The first-order valence-corrected chi connectivity index (χ1v) is 9.84. The number of methoxy groups -OCH3 is 3. The molecule has 162 valence electrons. The van der Waals surface area contributed by atoms with Crippen LogP contribution in [0.5, 0.6) is 0 Å². The molecule has 6 heteroatoms. The molecular formula is C23H34O6. The summed E-state index contributed by atoms with van der Waals surface area (Å²) >= 11 is 0. The molecule has 1 aliphatic heterocycles. The first kappa shape index (κ1) is 24.9. The van der Waals surface area contributed by atoms with E-state index in [2.05, 4.69) is 0 Å². The van der Waals surface area contributed by atoms with Gasteiger partial charge in [0.2, 0.25) is 0 Å². The summed E-state index contributed by atoms with van der Waals surface area (Å²) in [5.41, 5.74) is 0.